The van der Waals surface area contributed by atoms with Crippen LogP contribution in [0.5, 0.6) is 5.75 Å². The monoisotopic (exact) mass is 369 g/mol. The number of hydrogen-bond acceptors (Lipinski definition) is 4. The molecular formula is C21H27N3O3. The van der Waals surface area contributed by atoms with Crippen LogP contribution in [-0.4, -0.2) is 29.7 Å². The van der Waals surface area contributed by atoms with Crippen LogP contribution in [0.2, 0.25) is 0 Å². The Hall–Kier alpha value is -2.89. The molecule has 0 aliphatic carbocycles. The fraction of sp³-hybridized carbons (Fsp3) is 0.381. The Labute approximate surface area is 159 Å². The summed E-state index contributed by atoms with van der Waals surface area (Å²) in [5.74, 6) is -0.0635. The Morgan fingerprint density at radius 1 is 1.04 bits per heavy atom. The van der Waals surface area contributed by atoms with E-state index in [2.05, 4.69) is 22.8 Å². The largest absolute Gasteiger partial charge is 0.507 e. The zero-order chi connectivity index (χ0) is 19.5. The number of hydrazone groups is 1. The minimum atomic E-state index is -0.211. The number of carbonyl (C=O) groups excluding carboxylic acids is 2. The molecule has 2 amide bonds. The zero-order valence-corrected chi connectivity index (χ0v) is 15.7. The molecule has 2 aromatic carbocycles. The molecule has 0 aliphatic rings. The van der Waals surface area contributed by atoms with Gasteiger partial charge >= 0.3 is 0 Å². The van der Waals surface area contributed by atoms with Crippen LogP contribution in [0.3, 0.4) is 0 Å². The normalized spacial score (nSPS) is 11.0. The summed E-state index contributed by atoms with van der Waals surface area (Å²) in [7, 11) is 0. The zero-order valence-electron chi connectivity index (χ0n) is 15.7. The smallest absolute Gasteiger partial charge is 0.240 e. The lowest BCUT2D eigenvalue weighted by atomic mass is 10.0. The second kappa shape index (κ2) is 11.0. The van der Waals surface area contributed by atoms with Gasteiger partial charge in [0, 0.05) is 24.9 Å². The maximum Gasteiger partial charge on any atom is 0.240 e. The molecule has 27 heavy (non-hydrogen) atoms. The van der Waals surface area contributed by atoms with Crippen molar-refractivity contribution >= 4 is 28.8 Å². The van der Waals surface area contributed by atoms with E-state index in [0.29, 0.717) is 37.8 Å². The molecule has 6 heteroatoms. The van der Waals surface area contributed by atoms with Crippen LogP contribution >= 0.6 is 0 Å². The average molecular weight is 369 g/mol. The van der Waals surface area contributed by atoms with Crippen LogP contribution in [0.25, 0.3) is 10.8 Å². The molecule has 0 atom stereocenters. The topological polar surface area (TPSA) is 90.8 Å². The van der Waals surface area contributed by atoms with E-state index >= 15 is 0 Å². The molecule has 0 bridgehead atoms. The van der Waals surface area contributed by atoms with Gasteiger partial charge in [-0.2, -0.15) is 5.10 Å². The SMILES string of the molecule is CCCCNC(=O)CCCCC(=O)N/N=C\c1c(O)ccc2ccccc12. The van der Waals surface area contributed by atoms with E-state index in [4.69, 9.17) is 0 Å². The van der Waals surface area contributed by atoms with Crippen LogP contribution in [-0.2, 0) is 9.59 Å². The highest BCUT2D eigenvalue weighted by molar-refractivity contribution is 6.02. The highest BCUT2D eigenvalue weighted by Gasteiger charge is 2.05. The highest BCUT2D eigenvalue weighted by atomic mass is 16.3. The average Bonchev–Trinajstić information content (AvgIpc) is 2.67. The molecule has 2 aromatic rings. The first-order valence-electron chi connectivity index (χ1n) is 9.41. The number of aromatic hydroxyl groups is 1. The van der Waals surface area contributed by atoms with Crippen molar-refractivity contribution in [1.82, 2.24) is 10.7 Å². The Bertz CT molecular complexity index is 802. The summed E-state index contributed by atoms with van der Waals surface area (Å²) in [6.07, 6.45) is 5.53. The number of rotatable bonds is 10. The number of amides is 2. The first kappa shape index (κ1) is 20.4. The summed E-state index contributed by atoms with van der Waals surface area (Å²) < 4.78 is 0. The number of fused-ring (bicyclic) bond motifs is 1. The summed E-state index contributed by atoms with van der Waals surface area (Å²) >= 11 is 0. The standard InChI is InChI=1S/C21H27N3O3/c1-2-3-14-22-20(26)10-6-7-11-21(27)24-23-15-18-17-9-5-4-8-16(17)12-13-19(18)25/h4-5,8-9,12-13,15,25H,2-3,6-7,10-11,14H2,1H3,(H,22,26)(H,24,27)/b23-15-. The van der Waals surface area contributed by atoms with E-state index in [1.54, 1.807) is 6.07 Å². The Morgan fingerprint density at radius 3 is 2.56 bits per heavy atom. The van der Waals surface area contributed by atoms with Gasteiger partial charge in [0.25, 0.3) is 0 Å². The van der Waals surface area contributed by atoms with Crippen molar-refractivity contribution < 1.29 is 14.7 Å². The third kappa shape index (κ3) is 6.73. The molecule has 0 radical (unpaired) electrons. The number of benzene rings is 2. The Morgan fingerprint density at radius 2 is 1.78 bits per heavy atom. The first-order valence-corrected chi connectivity index (χ1v) is 9.41. The molecule has 0 heterocycles. The molecule has 0 saturated heterocycles. The molecule has 2 rings (SSSR count). The van der Waals surface area contributed by atoms with E-state index in [0.717, 1.165) is 23.6 Å². The van der Waals surface area contributed by atoms with E-state index in [1.165, 1.54) is 6.21 Å². The second-order valence-corrected chi connectivity index (χ2v) is 6.42. The van der Waals surface area contributed by atoms with Gasteiger partial charge in [0.15, 0.2) is 0 Å². The van der Waals surface area contributed by atoms with E-state index in [1.807, 2.05) is 30.3 Å². The van der Waals surface area contributed by atoms with Gasteiger partial charge in [-0.15, -0.1) is 0 Å². The van der Waals surface area contributed by atoms with Gasteiger partial charge in [0.1, 0.15) is 5.75 Å². The van der Waals surface area contributed by atoms with Crippen molar-refractivity contribution in [1.29, 1.82) is 0 Å². The molecule has 0 aliphatic heterocycles. The minimum absolute atomic E-state index is 0.0355. The van der Waals surface area contributed by atoms with Crippen LogP contribution in [0, 0.1) is 0 Å². The van der Waals surface area contributed by atoms with Crippen molar-refractivity contribution in [2.45, 2.75) is 45.4 Å². The summed E-state index contributed by atoms with van der Waals surface area (Å²) in [5.41, 5.74) is 3.04. The highest BCUT2D eigenvalue weighted by Crippen LogP contribution is 2.25. The van der Waals surface area contributed by atoms with Gasteiger partial charge in [-0.05, 0) is 36.1 Å². The molecule has 3 N–H and O–H groups in total. The predicted octanol–water partition coefficient (Wildman–Crippen LogP) is 3.47. The van der Waals surface area contributed by atoms with Crippen molar-refractivity contribution in [3.8, 4) is 5.75 Å². The van der Waals surface area contributed by atoms with Crippen LogP contribution in [0.15, 0.2) is 41.5 Å². The lowest BCUT2D eigenvalue weighted by Crippen LogP contribution is -2.24. The lowest BCUT2D eigenvalue weighted by molar-refractivity contribution is -0.123. The first-order chi connectivity index (χ1) is 13.1. The van der Waals surface area contributed by atoms with Crippen molar-refractivity contribution in [3.63, 3.8) is 0 Å². The number of phenols is 1. The maximum atomic E-state index is 11.8. The summed E-state index contributed by atoms with van der Waals surface area (Å²) in [4.78, 5) is 23.4. The van der Waals surface area contributed by atoms with Crippen molar-refractivity contribution in [3.05, 3.63) is 42.0 Å². The van der Waals surface area contributed by atoms with E-state index in [-0.39, 0.29) is 17.6 Å². The van der Waals surface area contributed by atoms with E-state index in [9.17, 15) is 14.7 Å². The van der Waals surface area contributed by atoms with Crippen molar-refractivity contribution in [2.75, 3.05) is 6.54 Å². The number of phenolic OH excluding ortho intramolecular Hbond substituents is 1. The van der Waals surface area contributed by atoms with Crippen LogP contribution in [0.1, 0.15) is 51.0 Å². The number of nitrogens with zero attached hydrogens (tertiary/aromatic N) is 1. The number of nitrogens with one attached hydrogen (secondary N) is 2. The maximum absolute atomic E-state index is 11.8. The quantitative estimate of drug-likeness (QED) is 0.340. The van der Waals surface area contributed by atoms with Crippen molar-refractivity contribution in [2.24, 2.45) is 5.10 Å². The van der Waals surface area contributed by atoms with Crippen LogP contribution in [0.4, 0.5) is 0 Å². The fourth-order valence-corrected chi connectivity index (χ4v) is 2.71. The Kier molecular flexibility index (Phi) is 8.29. The molecular weight excluding hydrogens is 342 g/mol. The molecule has 0 spiro atoms. The lowest BCUT2D eigenvalue weighted by Gasteiger charge is -2.05. The van der Waals surface area contributed by atoms with Crippen LogP contribution < -0.4 is 10.7 Å². The fourth-order valence-electron chi connectivity index (χ4n) is 2.71. The van der Waals surface area contributed by atoms with Gasteiger partial charge < -0.3 is 10.4 Å². The molecule has 6 nitrogen and oxygen atoms in total. The van der Waals surface area contributed by atoms with Gasteiger partial charge in [-0.1, -0.05) is 43.7 Å². The van der Waals surface area contributed by atoms with Gasteiger partial charge in [0.2, 0.25) is 11.8 Å². The van der Waals surface area contributed by atoms with E-state index < -0.39 is 0 Å². The minimum Gasteiger partial charge on any atom is -0.507 e. The van der Waals surface area contributed by atoms with Gasteiger partial charge in [0.05, 0.1) is 6.21 Å². The Balaban J connectivity index is 1.75. The third-order valence-corrected chi connectivity index (χ3v) is 4.24. The molecule has 0 unspecified atom stereocenters. The number of hydrogen-bond donors (Lipinski definition) is 3. The molecule has 0 saturated carbocycles. The predicted molar refractivity (Wildman–Crippen MR) is 108 cm³/mol. The second-order valence-electron chi connectivity index (χ2n) is 6.42. The van der Waals surface area contributed by atoms with Gasteiger partial charge in [-0.25, -0.2) is 5.43 Å². The molecule has 0 fully saturated rings. The molecule has 0 aromatic heterocycles. The summed E-state index contributed by atoms with van der Waals surface area (Å²) in [6, 6.07) is 11.1. The summed E-state index contributed by atoms with van der Waals surface area (Å²) in [6.45, 7) is 2.79. The number of unbranched alkanes of at least 4 members (excludes halogenated alkanes) is 2. The number of carbonyl (C=O) groups is 2. The summed E-state index contributed by atoms with van der Waals surface area (Å²) in [5, 5.41) is 18.7. The van der Waals surface area contributed by atoms with Gasteiger partial charge in [-0.3, -0.25) is 9.59 Å². The third-order valence-electron chi connectivity index (χ3n) is 4.24. The molecule has 144 valence electrons.